The number of halogens is 3. The molecule has 0 aliphatic rings. The fourth-order valence-electron chi connectivity index (χ4n) is 1.23. The maximum absolute atomic E-state index is 12.7. The number of nitrogens with zero attached hydrogens (tertiary/aromatic N) is 1. The number of ether oxygens (including phenoxy) is 1. The highest BCUT2D eigenvalue weighted by atomic mass is 127. The Morgan fingerprint density at radius 3 is 2.75 bits per heavy atom. The van der Waals surface area contributed by atoms with Crippen molar-refractivity contribution in [3.8, 4) is 5.75 Å². The Kier molecular flexibility index (Phi) is 4.39. The number of carbonyl (C=O) groups is 1. The van der Waals surface area contributed by atoms with Crippen molar-refractivity contribution in [1.29, 1.82) is 0 Å². The zero-order valence-corrected chi connectivity index (χ0v) is 10.4. The third-order valence-corrected chi connectivity index (χ3v) is 2.38. The average Bonchev–Trinajstić information content (AvgIpc) is 2.14. The van der Waals surface area contributed by atoms with Crippen LogP contribution in [0, 0.1) is 3.70 Å². The number of aliphatic carboxylic acids is 1. The fraction of sp³-hybridized carbons (Fsp3) is 0.333. The van der Waals surface area contributed by atoms with Gasteiger partial charge in [0.05, 0.1) is 24.8 Å². The maximum atomic E-state index is 12.7. The molecule has 0 atom stereocenters. The summed E-state index contributed by atoms with van der Waals surface area (Å²) in [5, 5.41) is 8.60. The highest BCUT2D eigenvalue weighted by Gasteiger charge is 2.22. The van der Waals surface area contributed by atoms with Crippen molar-refractivity contribution in [1.82, 2.24) is 4.98 Å². The number of aromatic nitrogens is 1. The summed E-state index contributed by atoms with van der Waals surface area (Å²) in [6.45, 7) is 0. The number of methoxy groups -OCH3 is 1. The largest absolute Gasteiger partial charge is 0.496 e. The first-order valence-corrected chi connectivity index (χ1v) is 5.26. The lowest BCUT2D eigenvalue weighted by atomic mass is 10.1. The standard InChI is InChI=1S/C9H8F2INO3/c1-16-5-3-6(12)13-4(2-7(14)15)8(5)9(10)11/h3,9H,2H2,1H3,(H,14,15). The van der Waals surface area contributed by atoms with Crippen molar-refractivity contribution in [3.05, 3.63) is 21.0 Å². The molecule has 0 bridgehead atoms. The molecule has 0 amide bonds. The predicted molar refractivity (Wildman–Crippen MR) is 59.8 cm³/mol. The second-order valence-electron chi connectivity index (χ2n) is 2.88. The van der Waals surface area contributed by atoms with Gasteiger partial charge in [-0.05, 0) is 22.6 Å². The van der Waals surface area contributed by atoms with Crippen molar-refractivity contribution in [2.75, 3.05) is 7.11 Å². The summed E-state index contributed by atoms with van der Waals surface area (Å²) in [5.74, 6) is -1.25. The third-order valence-electron chi connectivity index (χ3n) is 1.83. The molecule has 0 spiro atoms. The SMILES string of the molecule is COc1cc(I)nc(CC(=O)O)c1C(F)F. The lowest BCUT2D eigenvalue weighted by Gasteiger charge is -2.11. The number of pyridine rings is 1. The molecule has 0 saturated carbocycles. The smallest absolute Gasteiger partial charge is 0.309 e. The summed E-state index contributed by atoms with van der Waals surface area (Å²) >= 11 is 1.81. The summed E-state index contributed by atoms with van der Waals surface area (Å²) in [6, 6.07) is 1.34. The Hall–Kier alpha value is -0.990. The predicted octanol–water partition coefficient (Wildman–Crippen LogP) is 2.26. The van der Waals surface area contributed by atoms with Crippen molar-refractivity contribution < 1.29 is 23.4 Å². The Balaban J connectivity index is 3.32. The molecule has 1 rings (SSSR count). The van der Waals surface area contributed by atoms with Crippen LogP contribution in [0.1, 0.15) is 17.7 Å². The Morgan fingerprint density at radius 2 is 2.31 bits per heavy atom. The second kappa shape index (κ2) is 5.37. The van der Waals surface area contributed by atoms with Gasteiger partial charge in [-0.25, -0.2) is 13.8 Å². The molecule has 16 heavy (non-hydrogen) atoms. The first kappa shape index (κ1) is 13.1. The van der Waals surface area contributed by atoms with Gasteiger partial charge < -0.3 is 9.84 Å². The molecule has 0 aliphatic heterocycles. The van der Waals surface area contributed by atoms with Crippen LogP contribution in [0.25, 0.3) is 0 Å². The van der Waals surface area contributed by atoms with Gasteiger partial charge in [0, 0.05) is 6.07 Å². The Labute approximate surface area is 104 Å². The average molecular weight is 343 g/mol. The minimum Gasteiger partial charge on any atom is -0.496 e. The van der Waals surface area contributed by atoms with Gasteiger partial charge >= 0.3 is 5.97 Å². The van der Waals surface area contributed by atoms with E-state index in [0.717, 1.165) is 0 Å². The summed E-state index contributed by atoms with van der Waals surface area (Å²) in [7, 11) is 1.25. The number of rotatable bonds is 4. The van der Waals surface area contributed by atoms with Crippen molar-refractivity contribution in [2.45, 2.75) is 12.8 Å². The Bertz CT molecular complexity index is 412. The van der Waals surface area contributed by atoms with Crippen LogP contribution in [0.5, 0.6) is 5.75 Å². The van der Waals surface area contributed by atoms with Crippen LogP contribution >= 0.6 is 22.6 Å². The number of carboxylic acids is 1. The van der Waals surface area contributed by atoms with Gasteiger partial charge in [-0.3, -0.25) is 4.79 Å². The van der Waals surface area contributed by atoms with Crippen LogP contribution in [0.2, 0.25) is 0 Å². The van der Waals surface area contributed by atoms with Crippen molar-refractivity contribution >= 4 is 28.6 Å². The molecule has 1 aromatic rings. The number of hydrogen-bond donors (Lipinski definition) is 1. The van der Waals surface area contributed by atoms with E-state index in [0.29, 0.717) is 3.70 Å². The lowest BCUT2D eigenvalue weighted by molar-refractivity contribution is -0.136. The van der Waals surface area contributed by atoms with Gasteiger partial charge in [0.2, 0.25) is 0 Å². The van der Waals surface area contributed by atoms with E-state index in [4.69, 9.17) is 9.84 Å². The Morgan fingerprint density at radius 1 is 1.69 bits per heavy atom. The molecule has 1 heterocycles. The summed E-state index contributed by atoms with van der Waals surface area (Å²) in [4.78, 5) is 14.3. The normalized spacial score (nSPS) is 10.6. The van der Waals surface area contributed by atoms with Gasteiger partial charge in [-0.15, -0.1) is 0 Å². The summed E-state index contributed by atoms with van der Waals surface area (Å²) in [5.41, 5.74) is -0.614. The van der Waals surface area contributed by atoms with E-state index in [2.05, 4.69) is 4.98 Å². The van der Waals surface area contributed by atoms with E-state index in [1.54, 1.807) is 0 Å². The van der Waals surface area contributed by atoms with Gasteiger partial charge in [-0.1, -0.05) is 0 Å². The van der Waals surface area contributed by atoms with Crippen molar-refractivity contribution in [2.24, 2.45) is 0 Å². The van der Waals surface area contributed by atoms with E-state index in [1.807, 2.05) is 22.6 Å². The monoisotopic (exact) mass is 343 g/mol. The molecule has 0 aliphatic carbocycles. The summed E-state index contributed by atoms with van der Waals surface area (Å²) < 4.78 is 30.7. The molecule has 0 aromatic carbocycles. The van der Waals surface area contributed by atoms with Crippen LogP contribution in [0.3, 0.4) is 0 Å². The minimum atomic E-state index is -2.81. The number of carboxylic acid groups (broad SMARTS) is 1. The van der Waals surface area contributed by atoms with Crippen LogP contribution in [0.15, 0.2) is 6.07 Å². The van der Waals surface area contributed by atoms with E-state index in [-0.39, 0.29) is 11.4 Å². The second-order valence-corrected chi connectivity index (χ2v) is 3.98. The molecule has 0 unspecified atom stereocenters. The molecule has 88 valence electrons. The molecule has 1 aromatic heterocycles. The zero-order valence-electron chi connectivity index (χ0n) is 8.21. The zero-order chi connectivity index (χ0) is 12.3. The van der Waals surface area contributed by atoms with E-state index >= 15 is 0 Å². The topological polar surface area (TPSA) is 59.4 Å². The van der Waals surface area contributed by atoms with Crippen LogP contribution in [-0.2, 0) is 11.2 Å². The van der Waals surface area contributed by atoms with Crippen LogP contribution < -0.4 is 4.74 Å². The number of alkyl halides is 2. The first-order chi connectivity index (χ1) is 7.45. The van der Waals surface area contributed by atoms with E-state index < -0.39 is 24.4 Å². The van der Waals surface area contributed by atoms with Gasteiger partial charge in [0.1, 0.15) is 9.45 Å². The molecule has 0 fully saturated rings. The number of hydrogen-bond acceptors (Lipinski definition) is 3. The summed E-state index contributed by atoms with van der Waals surface area (Å²) in [6.07, 6.45) is -3.36. The molecule has 0 saturated heterocycles. The minimum absolute atomic E-state index is 0.0364. The molecule has 1 N–H and O–H groups in total. The first-order valence-electron chi connectivity index (χ1n) is 4.19. The van der Waals surface area contributed by atoms with Crippen LogP contribution in [0.4, 0.5) is 8.78 Å². The molecular formula is C9H8F2INO3. The third kappa shape index (κ3) is 3.00. The van der Waals surface area contributed by atoms with Crippen molar-refractivity contribution in [3.63, 3.8) is 0 Å². The molecule has 4 nitrogen and oxygen atoms in total. The highest BCUT2D eigenvalue weighted by Crippen LogP contribution is 2.32. The molecule has 7 heteroatoms. The maximum Gasteiger partial charge on any atom is 0.309 e. The van der Waals surface area contributed by atoms with Gasteiger partial charge in [-0.2, -0.15) is 0 Å². The lowest BCUT2D eigenvalue weighted by Crippen LogP contribution is -2.09. The fourth-order valence-corrected chi connectivity index (χ4v) is 1.80. The molecular weight excluding hydrogens is 335 g/mol. The quantitative estimate of drug-likeness (QED) is 0.673. The highest BCUT2D eigenvalue weighted by molar-refractivity contribution is 14.1. The van der Waals surface area contributed by atoms with E-state index in [1.165, 1.54) is 13.2 Å². The molecule has 0 radical (unpaired) electrons. The van der Waals surface area contributed by atoms with Crippen LogP contribution in [-0.4, -0.2) is 23.2 Å². The van der Waals surface area contributed by atoms with Gasteiger partial charge in [0.25, 0.3) is 6.43 Å². The van der Waals surface area contributed by atoms with Gasteiger partial charge in [0.15, 0.2) is 0 Å². The van der Waals surface area contributed by atoms with E-state index in [9.17, 15) is 13.6 Å².